The van der Waals surface area contributed by atoms with Crippen LogP contribution in [0.25, 0.3) is 0 Å². The summed E-state index contributed by atoms with van der Waals surface area (Å²) in [4.78, 5) is 5.24. The summed E-state index contributed by atoms with van der Waals surface area (Å²) >= 11 is 5.48. The summed E-state index contributed by atoms with van der Waals surface area (Å²) in [5.74, 6) is 0.625. The number of thiophene rings is 1. The Morgan fingerprint density at radius 1 is 1.67 bits per heavy atom. The largest absolute Gasteiger partial charge is 0.330 e. The van der Waals surface area contributed by atoms with Crippen LogP contribution in [0.3, 0.4) is 0 Å². The van der Waals surface area contributed by atoms with Gasteiger partial charge in [-0.3, -0.25) is 4.90 Å². The minimum absolute atomic E-state index is 0.532. The van der Waals surface area contributed by atoms with Gasteiger partial charge in [-0.05, 0) is 61.4 Å². The Morgan fingerprint density at radius 2 is 2.40 bits per heavy atom. The van der Waals surface area contributed by atoms with Crippen molar-refractivity contribution >= 4 is 27.3 Å². The summed E-state index contributed by atoms with van der Waals surface area (Å²) in [6, 6.07) is 2.79. The lowest BCUT2D eigenvalue weighted by atomic mass is 9.99. The highest BCUT2D eigenvalue weighted by atomic mass is 79.9. The van der Waals surface area contributed by atoms with Crippen molar-refractivity contribution in [1.29, 1.82) is 0 Å². The molecule has 1 aromatic rings. The number of hydrogen-bond donors (Lipinski definition) is 1. The Bertz CT molecular complexity index is 331. The maximum Gasteiger partial charge on any atom is 0.0479 e. The van der Waals surface area contributed by atoms with Gasteiger partial charge < -0.3 is 5.73 Å². The number of hydrogen-bond acceptors (Lipinski definition) is 3. The van der Waals surface area contributed by atoms with E-state index in [2.05, 4.69) is 40.9 Å². The van der Waals surface area contributed by atoms with Crippen LogP contribution in [-0.2, 0) is 0 Å². The second-order valence-electron chi connectivity index (χ2n) is 4.26. The predicted octanol–water partition coefficient (Wildman–Crippen LogP) is 2.77. The third-order valence-electron chi connectivity index (χ3n) is 3.24. The van der Waals surface area contributed by atoms with E-state index in [4.69, 9.17) is 5.73 Å². The molecule has 2 atom stereocenters. The first-order valence-electron chi connectivity index (χ1n) is 5.29. The van der Waals surface area contributed by atoms with Gasteiger partial charge in [0, 0.05) is 20.3 Å². The van der Waals surface area contributed by atoms with Gasteiger partial charge >= 0.3 is 0 Å². The van der Waals surface area contributed by atoms with Crippen LogP contribution >= 0.6 is 27.3 Å². The van der Waals surface area contributed by atoms with Gasteiger partial charge in [0.15, 0.2) is 0 Å². The van der Waals surface area contributed by atoms with Crippen LogP contribution < -0.4 is 5.73 Å². The van der Waals surface area contributed by atoms with E-state index >= 15 is 0 Å². The SMILES string of the molecule is Cc1sc(C2C(CN)CCN2C)cc1Br. The molecule has 15 heavy (non-hydrogen) atoms. The van der Waals surface area contributed by atoms with Crippen LogP contribution in [0.1, 0.15) is 22.2 Å². The molecule has 2 unspecified atom stereocenters. The number of aryl methyl sites for hydroxylation is 1. The molecule has 0 aliphatic carbocycles. The second-order valence-corrected chi connectivity index (χ2v) is 6.41. The summed E-state index contributed by atoms with van der Waals surface area (Å²) in [5, 5.41) is 0. The van der Waals surface area contributed by atoms with Gasteiger partial charge in [0.05, 0.1) is 0 Å². The molecule has 0 bridgehead atoms. The maximum atomic E-state index is 5.83. The zero-order valence-electron chi connectivity index (χ0n) is 9.16. The Hall–Kier alpha value is 0.100. The van der Waals surface area contributed by atoms with Gasteiger partial charge in [0.1, 0.15) is 0 Å². The third kappa shape index (κ3) is 2.13. The molecule has 2 rings (SSSR count). The van der Waals surface area contributed by atoms with Crippen LogP contribution in [0.15, 0.2) is 10.5 Å². The number of rotatable bonds is 2. The Morgan fingerprint density at radius 3 is 2.93 bits per heavy atom. The number of nitrogens with zero attached hydrogens (tertiary/aromatic N) is 1. The van der Waals surface area contributed by atoms with E-state index in [1.54, 1.807) is 0 Å². The molecule has 0 spiro atoms. The smallest absolute Gasteiger partial charge is 0.0479 e. The van der Waals surface area contributed by atoms with E-state index in [1.807, 2.05) is 11.3 Å². The highest BCUT2D eigenvalue weighted by Gasteiger charge is 2.33. The van der Waals surface area contributed by atoms with E-state index in [0.717, 1.165) is 6.54 Å². The summed E-state index contributed by atoms with van der Waals surface area (Å²) < 4.78 is 1.23. The normalized spacial score (nSPS) is 27.5. The first kappa shape index (κ1) is 11.6. The third-order valence-corrected chi connectivity index (χ3v) is 5.45. The number of halogens is 1. The quantitative estimate of drug-likeness (QED) is 0.907. The van der Waals surface area contributed by atoms with Crippen molar-refractivity contribution in [1.82, 2.24) is 4.90 Å². The zero-order valence-corrected chi connectivity index (χ0v) is 11.6. The fraction of sp³-hybridized carbons (Fsp3) is 0.636. The van der Waals surface area contributed by atoms with Crippen molar-refractivity contribution in [3.63, 3.8) is 0 Å². The fourth-order valence-electron chi connectivity index (χ4n) is 2.35. The Kier molecular flexibility index (Phi) is 3.50. The summed E-state index contributed by atoms with van der Waals surface area (Å²) in [7, 11) is 2.20. The predicted molar refractivity (Wildman–Crippen MR) is 69.3 cm³/mol. The van der Waals surface area contributed by atoms with Crippen LogP contribution in [-0.4, -0.2) is 25.0 Å². The molecule has 0 amide bonds. The fourth-order valence-corrected chi connectivity index (χ4v) is 4.17. The minimum atomic E-state index is 0.532. The molecule has 4 heteroatoms. The summed E-state index contributed by atoms with van der Waals surface area (Å²) in [6.45, 7) is 4.12. The summed E-state index contributed by atoms with van der Waals surface area (Å²) in [6.07, 6.45) is 1.23. The molecule has 0 radical (unpaired) electrons. The standard InChI is InChI=1S/C11H17BrN2S/c1-7-9(12)5-10(15-7)11-8(6-13)3-4-14(11)2/h5,8,11H,3-4,6,13H2,1-2H3. The highest BCUT2D eigenvalue weighted by Crippen LogP contribution is 2.40. The Labute approximate surface area is 104 Å². The van der Waals surface area contributed by atoms with Crippen molar-refractivity contribution in [2.45, 2.75) is 19.4 Å². The number of nitrogens with two attached hydrogens (primary N) is 1. The topological polar surface area (TPSA) is 29.3 Å². The van der Waals surface area contributed by atoms with Gasteiger partial charge in [-0.25, -0.2) is 0 Å². The molecule has 0 saturated carbocycles. The average Bonchev–Trinajstić information content (AvgIpc) is 2.71. The molecule has 2 nitrogen and oxygen atoms in total. The van der Waals surface area contributed by atoms with E-state index < -0.39 is 0 Å². The van der Waals surface area contributed by atoms with E-state index in [9.17, 15) is 0 Å². The molecule has 1 fully saturated rings. The molecular formula is C11H17BrN2S. The first-order chi connectivity index (χ1) is 7.13. The van der Waals surface area contributed by atoms with Crippen molar-refractivity contribution in [2.75, 3.05) is 20.1 Å². The molecule has 1 aromatic heterocycles. The summed E-state index contributed by atoms with van der Waals surface area (Å²) in [5.41, 5.74) is 5.83. The van der Waals surface area contributed by atoms with E-state index in [1.165, 1.54) is 27.2 Å². The van der Waals surface area contributed by atoms with Crippen LogP contribution in [0.5, 0.6) is 0 Å². The van der Waals surface area contributed by atoms with Crippen molar-refractivity contribution in [3.05, 3.63) is 20.3 Å². The molecule has 0 aromatic carbocycles. The van der Waals surface area contributed by atoms with Gasteiger partial charge in [-0.1, -0.05) is 0 Å². The Balaban J connectivity index is 2.28. The molecule has 84 valence electrons. The van der Waals surface area contributed by atoms with Gasteiger partial charge in [-0.2, -0.15) is 0 Å². The molecule has 1 aliphatic rings. The lowest BCUT2D eigenvalue weighted by molar-refractivity contribution is 0.284. The molecule has 1 saturated heterocycles. The van der Waals surface area contributed by atoms with Gasteiger partial charge in [0.25, 0.3) is 0 Å². The average molecular weight is 289 g/mol. The van der Waals surface area contributed by atoms with Crippen LogP contribution in [0.2, 0.25) is 0 Å². The van der Waals surface area contributed by atoms with E-state index in [-0.39, 0.29) is 0 Å². The lowest BCUT2D eigenvalue weighted by Gasteiger charge is -2.22. The molecule has 2 N–H and O–H groups in total. The van der Waals surface area contributed by atoms with Crippen molar-refractivity contribution < 1.29 is 0 Å². The zero-order chi connectivity index (χ0) is 11.0. The van der Waals surface area contributed by atoms with E-state index in [0.29, 0.717) is 12.0 Å². The van der Waals surface area contributed by atoms with Crippen molar-refractivity contribution in [2.24, 2.45) is 11.7 Å². The molecular weight excluding hydrogens is 272 g/mol. The molecule has 1 aliphatic heterocycles. The second kappa shape index (κ2) is 4.53. The highest BCUT2D eigenvalue weighted by molar-refractivity contribution is 9.10. The minimum Gasteiger partial charge on any atom is -0.330 e. The van der Waals surface area contributed by atoms with Gasteiger partial charge in [0.2, 0.25) is 0 Å². The maximum absolute atomic E-state index is 5.83. The first-order valence-corrected chi connectivity index (χ1v) is 6.90. The van der Waals surface area contributed by atoms with Gasteiger partial charge in [-0.15, -0.1) is 11.3 Å². The molecule has 2 heterocycles. The van der Waals surface area contributed by atoms with Crippen LogP contribution in [0.4, 0.5) is 0 Å². The van der Waals surface area contributed by atoms with Crippen molar-refractivity contribution in [3.8, 4) is 0 Å². The number of likely N-dealkylation sites (tertiary alicyclic amines) is 1. The lowest BCUT2D eigenvalue weighted by Crippen LogP contribution is -2.24. The van der Waals surface area contributed by atoms with Crippen LogP contribution in [0, 0.1) is 12.8 Å². The monoisotopic (exact) mass is 288 g/mol.